The number of hydrogen-bond donors (Lipinski definition) is 2. The Morgan fingerprint density at radius 1 is 1.33 bits per heavy atom. The maximum atomic E-state index is 12.1. The Morgan fingerprint density at radius 2 is 2.19 bits per heavy atom. The van der Waals surface area contributed by atoms with E-state index in [0.29, 0.717) is 12.4 Å². The van der Waals surface area contributed by atoms with Gasteiger partial charge in [-0.25, -0.2) is 4.98 Å². The number of aromatic nitrogens is 2. The SMILES string of the molecule is N#CCC(=O)N1C[C@@H]2C[C@H]1CN2c1cc(NC(=O)C2CC2)nc2[nH]ccc12. The van der Waals surface area contributed by atoms with Gasteiger partial charge in [-0.15, -0.1) is 0 Å². The highest BCUT2D eigenvalue weighted by Gasteiger charge is 2.45. The zero-order valence-corrected chi connectivity index (χ0v) is 14.8. The van der Waals surface area contributed by atoms with E-state index in [1.54, 1.807) is 0 Å². The van der Waals surface area contributed by atoms with Crippen molar-refractivity contribution in [1.29, 1.82) is 5.26 Å². The van der Waals surface area contributed by atoms with Crippen molar-refractivity contribution in [2.75, 3.05) is 23.3 Å². The van der Waals surface area contributed by atoms with Gasteiger partial charge >= 0.3 is 0 Å². The van der Waals surface area contributed by atoms with Crippen molar-refractivity contribution in [2.24, 2.45) is 5.92 Å². The van der Waals surface area contributed by atoms with Gasteiger partial charge in [0.15, 0.2) is 0 Å². The fraction of sp³-hybridized carbons (Fsp3) is 0.474. The standard InChI is InChI=1S/C19H20N6O2/c20-5-3-17(26)25-10-12-7-13(25)9-24(12)15-8-16(23-19(27)11-1-2-11)22-18-14(15)4-6-21-18/h4,6,8,11-13H,1-3,7,9-10H2,(H2,21,22,23,27)/t12-,13-/m0/s1. The van der Waals surface area contributed by atoms with Gasteiger partial charge in [-0.1, -0.05) is 0 Å². The summed E-state index contributed by atoms with van der Waals surface area (Å²) in [5, 5.41) is 12.7. The van der Waals surface area contributed by atoms with Crippen LogP contribution in [0.15, 0.2) is 18.3 Å². The van der Waals surface area contributed by atoms with Gasteiger partial charge in [-0.2, -0.15) is 5.26 Å². The van der Waals surface area contributed by atoms with Crippen LogP contribution in [0, 0.1) is 17.2 Å². The summed E-state index contributed by atoms with van der Waals surface area (Å²) in [7, 11) is 0. The van der Waals surface area contributed by atoms with Gasteiger partial charge in [0.05, 0.1) is 17.8 Å². The lowest BCUT2D eigenvalue weighted by Crippen LogP contribution is -2.48. The number of rotatable bonds is 4. The minimum atomic E-state index is -0.0800. The van der Waals surface area contributed by atoms with Crippen LogP contribution in [0.1, 0.15) is 25.7 Å². The van der Waals surface area contributed by atoms with Gasteiger partial charge in [0, 0.05) is 42.7 Å². The van der Waals surface area contributed by atoms with Crippen LogP contribution in [0.2, 0.25) is 0 Å². The smallest absolute Gasteiger partial charge is 0.237 e. The first-order valence-corrected chi connectivity index (χ1v) is 9.36. The van der Waals surface area contributed by atoms with E-state index < -0.39 is 0 Å². The van der Waals surface area contributed by atoms with E-state index >= 15 is 0 Å². The Hall–Kier alpha value is -3.08. The van der Waals surface area contributed by atoms with Crippen molar-refractivity contribution in [3.8, 4) is 6.07 Å². The second kappa shape index (κ2) is 5.98. The minimum absolute atomic E-state index is 0.0376. The Balaban J connectivity index is 1.42. The van der Waals surface area contributed by atoms with Crippen molar-refractivity contribution >= 4 is 34.4 Å². The van der Waals surface area contributed by atoms with E-state index in [9.17, 15) is 9.59 Å². The number of aromatic amines is 1. The maximum Gasteiger partial charge on any atom is 0.237 e. The molecule has 2 atom stereocenters. The summed E-state index contributed by atoms with van der Waals surface area (Å²) in [6.45, 7) is 1.38. The number of fused-ring (bicyclic) bond motifs is 3. The van der Waals surface area contributed by atoms with Crippen molar-refractivity contribution in [3.05, 3.63) is 18.3 Å². The molecule has 3 aliphatic rings. The lowest BCUT2D eigenvalue weighted by molar-refractivity contribution is -0.131. The molecule has 138 valence electrons. The number of pyridine rings is 1. The van der Waals surface area contributed by atoms with E-state index in [-0.39, 0.29) is 36.2 Å². The van der Waals surface area contributed by atoms with Crippen LogP contribution in [-0.2, 0) is 9.59 Å². The monoisotopic (exact) mass is 364 g/mol. The molecule has 1 aliphatic carbocycles. The first-order valence-electron chi connectivity index (χ1n) is 9.36. The van der Waals surface area contributed by atoms with E-state index in [0.717, 1.165) is 42.5 Å². The molecular weight excluding hydrogens is 344 g/mol. The van der Waals surface area contributed by atoms with Crippen LogP contribution in [0.5, 0.6) is 0 Å². The summed E-state index contributed by atoms with van der Waals surface area (Å²) >= 11 is 0. The third kappa shape index (κ3) is 2.70. The number of piperazine rings is 1. The van der Waals surface area contributed by atoms with Gasteiger partial charge in [0.1, 0.15) is 17.9 Å². The number of carbonyl (C=O) groups is 2. The zero-order chi connectivity index (χ0) is 18.5. The highest BCUT2D eigenvalue weighted by molar-refractivity contribution is 5.98. The summed E-state index contributed by atoms with van der Waals surface area (Å²) in [5.41, 5.74) is 1.78. The summed E-state index contributed by atoms with van der Waals surface area (Å²) in [4.78, 5) is 36.1. The fourth-order valence-corrected chi connectivity index (χ4v) is 4.33. The van der Waals surface area contributed by atoms with Crippen LogP contribution in [-0.4, -0.2) is 51.9 Å². The van der Waals surface area contributed by atoms with Crippen molar-refractivity contribution < 1.29 is 9.59 Å². The molecule has 2 amide bonds. The molecular formula is C19H20N6O2. The second-order valence-electron chi connectivity index (χ2n) is 7.61. The number of nitrogens with one attached hydrogen (secondary N) is 2. The number of anilines is 2. The summed E-state index contributed by atoms with van der Waals surface area (Å²) in [6, 6.07) is 6.26. The molecule has 0 radical (unpaired) electrons. The third-order valence-electron chi connectivity index (χ3n) is 5.81. The summed E-state index contributed by atoms with van der Waals surface area (Å²) < 4.78 is 0. The highest BCUT2D eigenvalue weighted by atomic mass is 16.2. The van der Waals surface area contributed by atoms with Crippen LogP contribution >= 0.6 is 0 Å². The van der Waals surface area contributed by atoms with Crippen LogP contribution in [0.25, 0.3) is 11.0 Å². The predicted octanol–water partition coefficient (Wildman–Crippen LogP) is 1.61. The lowest BCUT2D eigenvalue weighted by atomic mass is 10.2. The molecule has 2 aliphatic heterocycles. The average molecular weight is 364 g/mol. The second-order valence-corrected chi connectivity index (χ2v) is 7.61. The molecule has 0 spiro atoms. The molecule has 4 heterocycles. The molecule has 8 heteroatoms. The number of carbonyl (C=O) groups excluding carboxylic acids is 2. The number of H-pyrrole nitrogens is 1. The molecule has 0 unspecified atom stereocenters. The number of nitrogens with zero attached hydrogens (tertiary/aromatic N) is 4. The molecule has 3 fully saturated rings. The number of hydrogen-bond acceptors (Lipinski definition) is 5. The molecule has 1 saturated carbocycles. The Morgan fingerprint density at radius 3 is 2.89 bits per heavy atom. The van der Waals surface area contributed by atoms with Crippen LogP contribution < -0.4 is 10.2 Å². The Labute approximate surface area is 156 Å². The van der Waals surface area contributed by atoms with Gasteiger partial charge < -0.3 is 20.1 Å². The summed E-state index contributed by atoms with van der Waals surface area (Å²) in [6.07, 6.45) is 4.61. The van der Waals surface area contributed by atoms with E-state index in [1.807, 2.05) is 29.3 Å². The van der Waals surface area contributed by atoms with Crippen LogP contribution in [0.4, 0.5) is 11.5 Å². The molecule has 2 N–H and O–H groups in total. The third-order valence-corrected chi connectivity index (χ3v) is 5.81. The number of amides is 2. The molecule has 2 bridgehead atoms. The van der Waals surface area contributed by atoms with Crippen LogP contribution in [0.3, 0.4) is 0 Å². The molecule has 8 nitrogen and oxygen atoms in total. The molecule has 27 heavy (non-hydrogen) atoms. The highest BCUT2D eigenvalue weighted by Crippen LogP contribution is 2.39. The maximum absolute atomic E-state index is 12.1. The Bertz CT molecular complexity index is 972. The Kier molecular flexibility index (Phi) is 3.57. The van der Waals surface area contributed by atoms with Gasteiger partial charge in [-0.3, -0.25) is 9.59 Å². The normalized spacial score (nSPS) is 23.7. The number of likely N-dealkylation sites (tertiary alicyclic amines) is 1. The van der Waals surface area contributed by atoms with Gasteiger partial charge in [-0.05, 0) is 25.3 Å². The van der Waals surface area contributed by atoms with E-state index in [2.05, 4.69) is 20.2 Å². The predicted molar refractivity (Wildman–Crippen MR) is 98.9 cm³/mol. The van der Waals surface area contributed by atoms with E-state index in [1.165, 1.54) is 0 Å². The first-order chi connectivity index (χ1) is 13.1. The molecule has 2 aromatic heterocycles. The number of nitriles is 1. The molecule has 2 saturated heterocycles. The van der Waals surface area contributed by atoms with Crippen molar-refractivity contribution in [2.45, 2.75) is 37.8 Å². The average Bonchev–Trinajstić information content (AvgIpc) is 3.09. The van der Waals surface area contributed by atoms with Crippen molar-refractivity contribution in [3.63, 3.8) is 0 Å². The fourth-order valence-electron chi connectivity index (χ4n) is 4.33. The lowest BCUT2D eigenvalue weighted by Gasteiger charge is -2.35. The largest absolute Gasteiger partial charge is 0.364 e. The van der Waals surface area contributed by atoms with Crippen molar-refractivity contribution in [1.82, 2.24) is 14.9 Å². The minimum Gasteiger partial charge on any atom is -0.364 e. The van der Waals surface area contributed by atoms with Gasteiger partial charge in [0.25, 0.3) is 0 Å². The topological polar surface area (TPSA) is 105 Å². The molecule has 5 rings (SSSR count). The molecule has 0 aromatic carbocycles. The van der Waals surface area contributed by atoms with Gasteiger partial charge in [0.2, 0.25) is 11.8 Å². The summed E-state index contributed by atoms with van der Waals surface area (Å²) in [5.74, 6) is 0.647. The zero-order valence-electron chi connectivity index (χ0n) is 14.8. The molecule has 2 aromatic rings. The first kappa shape index (κ1) is 16.1. The van der Waals surface area contributed by atoms with E-state index in [4.69, 9.17) is 5.26 Å². The quantitative estimate of drug-likeness (QED) is 0.858.